The van der Waals surface area contributed by atoms with Crippen LogP contribution < -0.4 is 5.73 Å². The summed E-state index contributed by atoms with van der Waals surface area (Å²) < 4.78 is 28.4. The third kappa shape index (κ3) is 9.30. The molecule has 0 aliphatic carbocycles. The Morgan fingerprint density at radius 3 is 2.69 bits per heavy atom. The van der Waals surface area contributed by atoms with Gasteiger partial charge in [0, 0.05) is 16.8 Å². The maximum atomic E-state index is 13.2. The summed E-state index contributed by atoms with van der Waals surface area (Å²) in [5.41, 5.74) is 6.07. The monoisotopic (exact) mass is 443 g/mol. The van der Waals surface area contributed by atoms with Gasteiger partial charge in [0.1, 0.15) is 5.82 Å². The third-order valence-corrected chi connectivity index (χ3v) is 6.10. The second-order valence-corrected chi connectivity index (χ2v) is 9.85. The van der Waals surface area contributed by atoms with Gasteiger partial charge >= 0.3 is 7.82 Å². The molecule has 4 N–H and O–H groups in total. The van der Waals surface area contributed by atoms with Gasteiger partial charge in [0.05, 0.1) is 11.5 Å². The Morgan fingerprint density at radius 1 is 1.24 bits per heavy atom. The lowest BCUT2D eigenvalue weighted by atomic mass is 9.98. The number of carbonyl (C=O) groups excluding carboxylic acids is 1. The van der Waals surface area contributed by atoms with Gasteiger partial charge in [-0.25, -0.2) is 8.96 Å². The number of thiophene rings is 1. The zero-order valence-electron chi connectivity index (χ0n) is 16.3. The first kappa shape index (κ1) is 23.9. The molecule has 2 aromatic rings. The number of carbonyl (C=O) groups is 1. The van der Waals surface area contributed by atoms with Crippen molar-refractivity contribution in [1.82, 2.24) is 0 Å². The van der Waals surface area contributed by atoms with Crippen molar-refractivity contribution in [2.75, 3.05) is 6.61 Å². The van der Waals surface area contributed by atoms with Crippen LogP contribution in [0.3, 0.4) is 0 Å². The van der Waals surface area contributed by atoms with Gasteiger partial charge in [-0.2, -0.15) is 0 Å². The number of aryl methyl sites for hydroxylation is 2. The molecule has 29 heavy (non-hydrogen) atoms. The van der Waals surface area contributed by atoms with Crippen molar-refractivity contribution >= 4 is 24.9 Å². The highest BCUT2D eigenvalue weighted by atomic mass is 32.1. The molecule has 0 saturated carbocycles. The van der Waals surface area contributed by atoms with E-state index in [0.29, 0.717) is 24.1 Å². The number of benzene rings is 1. The van der Waals surface area contributed by atoms with Gasteiger partial charge in [0.25, 0.3) is 0 Å². The average molecular weight is 443 g/mol. The second kappa shape index (κ2) is 10.6. The second-order valence-electron chi connectivity index (χ2n) is 7.44. The van der Waals surface area contributed by atoms with E-state index in [1.165, 1.54) is 23.5 Å². The van der Waals surface area contributed by atoms with Crippen molar-refractivity contribution < 1.29 is 28.1 Å². The van der Waals surface area contributed by atoms with Gasteiger partial charge in [-0.15, -0.1) is 11.3 Å². The van der Waals surface area contributed by atoms with Crippen molar-refractivity contribution in [3.05, 3.63) is 57.5 Å². The van der Waals surface area contributed by atoms with E-state index in [0.717, 1.165) is 29.7 Å². The Kier molecular flexibility index (Phi) is 8.70. The van der Waals surface area contributed by atoms with Crippen molar-refractivity contribution in [3.8, 4) is 0 Å². The number of phosphoric acid groups is 1. The molecule has 1 aromatic carbocycles. The first-order valence-corrected chi connectivity index (χ1v) is 11.7. The standard InChI is InChI=1S/C20H27FNO5PS/c1-20(22,14-27-28(24,25)26)12-11-17-9-10-19(29-17)18(23)8-3-2-5-15-6-4-7-16(21)13-15/h4,6-7,9-10,13H,2-3,5,8,11-12,14,22H2,1H3,(H2,24,25,26). The lowest BCUT2D eigenvalue weighted by molar-refractivity contribution is 0.0983. The number of Topliss-reactive ketones (excluding diaryl/α,β-unsaturated/α-hetero) is 1. The van der Waals surface area contributed by atoms with E-state index in [1.807, 2.05) is 12.1 Å². The number of hydrogen-bond acceptors (Lipinski definition) is 5. The first-order valence-electron chi connectivity index (χ1n) is 9.39. The molecule has 1 aromatic heterocycles. The van der Waals surface area contributed by atoms with E-state index in [4.69, 9.17) is 15.5 Å². The molecule has 0 fully saturated rings. The topological polar surface area (TPSA) is 110 Å². The highest BCUT2D eigenvalue weighted by Gasteiger charge is 2.24. The molecule has 6 nitrogen and oxygen atoms in total. The maximum absolute atomic E-state index is 13.2. The summed E-state index contributed by atoms with van der Waals surface area (Å²) in [6.45, 7) is 1.42. The highest BCUT2D eigenvalue weighted by molar-refractivity contribution is 7.46. The quantitative estimate of drug-likeness (QED) is 0.257. The minimum Gasteiger partial charge on any atom is -0.323 e. The minimum atomic E-state index is -4.54. The number of nitrogens with two attached hydrogens (primary N) is 1. The normalized spacial score (nSPS) is 14.0. The molecule has 160 valence electrons. The van der Waals surface area contributed by atoms with Gasteiger partial charge in [0.2, 0.25) is 0 Å². The number of ketones is 1. The summed E-state index contributed by atoms with van der Waals surface area (Å²) in [5.74, 6) is -0.160. The average Bonchev–Trinajstić information content (AvgIpc) is 3.11. The van der Waals surface area contributed by atoms with Gasteiger partial charge in [-0.3, -0.25) is 9.32 Å². The molecule has 0 radical (unpaired) electrons. The van der Waals surface area contributed by atoms with Crippen molar-refractivity contribution in [2.45, 2.75) is 51.0 Å². The Labute approximate surface area is 174 Å². The molecule has 1 heterocycles. The van der Waals surface area contributed by atoms with Crippen LogP contribution in [0.15, 0.2) is 36.4 Å². The van der Waals surface area contributed by atoms with E-state index >= 15 is 0 Å². The number of hydrogen-bond donors (Lipinski definition) is 3. The smallest absolute Gasteiger partial charge is 0.323 e. The van der Waals surface area contributed by atoms with Gasteiger partial charge < -0.3 is 15.5 Å². The van der Waals surface area contributed by atoms with Crippen LogP contribution in [0.4, 0.5) is 4.39 Å². The Bertz CT molecular complexity index is 864. The number of unbranched alkanes of at least 4 members (excludes halogenated alkanes) is 1. The van der Waals surface area contributed by atoms with Crippen molar-refractivity contribution in [3.63, 3.8) is 0 Å². The summed E-state index contributed by atoms with van der Waals surface area (Å²) in [5, 5.41) is 0. The Balaban J connectivity index is 1.74. The number of phosphoric ester groups is 1. The Morgan fingerprint density at radius 2 is 2.00 bits per heavy atom. The molecule has 0 bridgehead atoms. The van der Waals surface area contributed by atoms with Crippen LogP contribution in [0.2, 0.25) is 0 Å². The fourth-order valence-electron chi connectivity index (χ4n) is 2.80. The molecule has 0 amide bonds. The van der Waals surface area contributed by atoms with Crippen LogP contribution in [0, 0.1) is 5.82 Å². The van der Waals surface area contributed by atoms with Gasteiger partial charge in [0.15, 0.2) is 5.78 Å². The summed E-state index contributed by atoms with van der Waals surface area (Å²) in [4.78, 5) is 31.6. The highest BCUT2D eigenvalue weighted by Crippen LogP contribution is 2.37. The maximum Gasteiger partial charge on any atom is 0.469 e. The van der Waals surface area contributed by atoms with Crippen LogP contribution in [0.5, 0.6) is 0 Å². The number of halogens is 1. The molecule has 1 atom stereocenters. The lowest BCUT2D eigenvalue weighted by Gasteiger charge is -2.24. The van der Waals surface area contributed by atoms with E-state index in [2.05, 4.69) is 4.52 Å². The van der Waals surface area contributed by atoms with Crippen LogP contribution >= 0.6 is 19.2 Å². The van der Waals surface area contributed by atoms with Crippen LogP contribution in [-0.4, -0.2) is 27.7 Å². The van der Waals surface area contributed by atoms with E-state index in [-0.39, 0.29) is 18.2 Å². The van der Waals surface area contributed by atoms with Gasteiger partial charge in [-0.1, -0.05) is 12.1 Å². The Hall–Kier alpha value is -1.41. The molecule has 1 unspecified atom stereocenters. The first-order chi connectivity index (χ1) is 13.5. The largest absolute Gasteiger partial charge is 0.469 e. The van der Waals surface area contributed by atoms with Crippen molar-refractivity contribution in [2.24, 2.45) is 5.73 Å². The van der Waals surface area contributed by atoms with Crippen LogP contribution in [0.25, 0.3) is 0 Å². The van der Waals surface area contributed by atoms with E-state index in [9.17, 15) is 13.8 Å². The molecule has 0 aliphatic rings. The van der Waals surface area contributed by atoms with Crippen LogP contribution in [0.1, 0.15) is 52.7 Å². The summed E-state index contributed by atoms with van der Waals surface area (Å²) in [6, 6.07) is 10.2. The molecule has 2 rings (SSSR count). The fourth-order valence-corrected chi connectivity index (χ4v) is 4.24. The summed E-state index contributed by atoms with van der Waals surface area (Å²) >= 11 is 1.41. The fraction of sp³-hybridized carbons (Fsp3) is 0.450. The molecule has 0 spiro atoms. The van der Waals surface area contributed by atoms with Crippen LogP contribution in [-0.2, 0) is 21.9 Å². The van der Waals surface area contributed by atoms with Crippen molar-refractivity contribution in [1.29, 1.82) is 0 Å². The predicted octanol–water partition coefficient (Wildman–Crippen LogP) is 4.24. The molecule has 9 heteroatoms. The summed E-state index contributed by atoms with van der Waals surface area (Å²) in [6.07, 6.45) is 3.80. The zero-order valence-corrected chi connectivity index (χ0v) is 18.1. The summed E-state index contributed by atoms with van der Waals surface area (Å²) in [7, 11) is -4.54. The minimum absolute atomic E-state index is 0.0841. The molecular weight excluding hydrogens is 416 g/mol. The third-order valence-electron chi connectivity index (χ3n) is 4.45. The predicted molar refractivity (Wildman–Crippen MR) is 112 cm³/mol. The molecule has 0 saturated heterocycles. The lowest BCUT2D eigenvalue weighted by Crippen LogP contribution is -2.41. The molecular formula is C20H27FNO5PS. The van der Waals surface area contributed by atoms with E-state index in [1.54, 1.807) is 19.1 Å². The van der Waals surface area contributed by atoms with Gasteiger partial charge in [-0.05, 0) is 68.9 Å². The molecule has 0 aliphatic heterocycles. The van der Waals surface area contributed by atoms with E-state index < -0.39 is 13.4 Å². The number of rotatable bonds is 12. The SMILES string of the molecule is CC(N)(CCc1ccc(C(=O)CCCCc2cccc(F)c2)s1)COP(=O)(O)O. The zero-order chi connectivity index (χ0) is 21.5.